The summed E-state index contributed by atoms with van der Waals surface area (Å²) < 4.78 is 34.7. The van der Waals surface area contributed by atoms with Gasteiger partial charge in [0, 0.05) is 28.5 Å². The van der Waals surface area contributed by atoms with Crippen LogP contribution in [0.25, 0.3) is 0 Å². The van der Waals surface area contributed by atoms with E-state index in [1.807, 2.05) is 0 Å². The first-order chi connectivity index (χ1) is 21.5. The van der Waals surface area contributed by atoms with E-state index >= 15 is 0 Å². The normalized spacial score (nSPS) is 42.0. The van der Waals surface area contributed by atoms with Crippen LogP contribution in [0.15, 0.2) is 0 Å². The molecule has 268 valence electrons. The lowest BCUT2D eigenvalue weighted by atomic mass is 9.94. The SMILES string of the molecule is CC(=O)N[C@H]1[C@@H](O[C@H]2[C@@H](O)[C@@H](CO)O[C@@H](O[C@H]3[C@@H](O)[C@@H](CO)O[C@@H](OCC[Si](C)(C)C)[C@@H]3O)[C@@H]2NC(C)=O)O[C@H](CO)[C@H](O)[C@@H]1O. The molecule has 0 unspecified atom stereocenters. The maximum Gasteiger partial charge on any atom is 0.217 e. The number of ether oxygens (including phenoxy) is 6. The molecule has 3 saturated heterocycles. The highest BCUT2D eigenvalue weighted by Crippen LogP contribution is 2.33. The van der Waals surface area contributed by atoms with E-state index in [4.69, 9.17) is 28.4 Å². The van der Waals surface area contributed by atoms with Crippen LogP contribution >= 0.6 is 0 Å². The molecule has 2 amide bonds. The third-order valence-corrected chi connectivity index (χ3v) is 9.72. The highest BCUT2D eigenvalue weighted by Gasteiger charge is 2.54. The number of rotatable bonds is 13. The van der Waals surface area contributed by atoms with E-state index in [1.54, 1.807) is 0 Å². The Bertz CT molecular complexity index is 992. The van der Waals surface area contributed by atoms with Gasteiger partial charge in [-0.1, -0.05) is 19.6 Å². The maximum atomic E-state index is 12.4. The Morgan fingerprint density at radius 2 is 1.07 bits per heavy atom. The third-order valence-electron chi connectivity index (χ3n) is 8.01. The summed E-state index contributed by atoms with van der Waals surface area (Å²) in [6.07, 6.45) is -20.1. The van der Waals surface area contributed by atoms with Crippen molar-refractivity contribution < 1.29 is 78.9 Å². The van der Waals surface area contributed by atoms with Crippen molar-refractivity contribution >= 4 is 19.9 Å². The van der Waals surface area contributed by atoms with Gasteiger partial charge in [-0.05, 0) is 6.04 Å². The van der Waals surface area contributed by atoms with Crippen LogP contribution in [0.4, 0.5) is 0 Å². The van der Waals surface area contributed by atoms with E-state index in [2.05, 4.69) is 30.3 Å². The lowest BCUT2D eigenvalue weighted by molar-refractivity contribution is -0.360. The highest BCUT2D eigenvalue weighted by molar-refractivity contribution is 6.76. The Kier molecular flexibility index (Phi) is 14.3. The third kappa shape index (κ3) is 9.61. The van der Waals surface area contributed by atoms with Gasteiger partial charge in [0.2, 0.25) is 11.8 Å². The van der Waals surface area contributed by atoms with Crippen molar-refractivity contribution in [3.63, 3.8) is 0 Å². The standard InChI is InChI=1S/C27H50N2O16Si/c1-11(33)28-16-21(38)18(35)13(8-30)41-25(16)44-23-17(29-12(2)34)26(42-14(9-31)19(23)36)45-24-20(37)15(10-32)43-27(22(24)39)40-6-7-46(3,4)5/h13-27,30-32,35-39H,6-10H2,1-5H3,(H,28,33)(H,29,34)/t13-,14-,15-,16-,17-,18+,19+,20+,21-,22-,23-,24+,25-,26+,27-/m1/s1. The molecule has 3 rings (SSSR count). The number of aliphatic hydroxyl groups is 8. The molecule has 10 N–H and O–H groups in total. The van der Waals surface area contributed by atoms with Crippen molar-refractivity contribution in [1.29, 1.82) is 0 Å². The molecule has 0 aliphatic carbocycles. The smallest absolute Gasteiger partial charge is 0.217 e. The minimum atomic E-state index is -1.70. The second-order valence-corrected chi connectivity index (χ2v) is 18.6. The molecule has 0 spiro atoms. The van der Waals surface area contributed by atoms with Gasteiger partial charge in [0.15, 0.2) is 18.9 Å². The van der Waals surface area contributed by atoms with Crippen LogP contribution in [0.1, 0.15) is 13.8 Å². The number of carbonyl (C=O) groups is 2. The van der Waals surface area contributed by atoms with Crippen molar-refractivity contribution in [3.05, 3.63) is 0 Å². The predicted octanol–water partition coefficient (Wildman–Crippen LogP) is -4.92. The van der Waals surface area contributed by atoms with Gasteiger partial charge in [-0.15, -0.1) is 0 Å². The zero-order valence-corrected chi connectivity index (χ0v) is 27.5. The molecular weight excluding hydrogens is 636 g/mol. The monoisotopic (exact) mass is 686 g/mol. The van der Waals surface area contributed by atoms with Gasteiger partial charge >= 0.3 is 0 Å². The van der Waals surface area contributed by atoms with Crippen molar-refractivity contribution in [3.8, 4) is 0 Å². The Hall–Kier alpha value is -1.40. The molecule has 15 atom stereocenters. The molecule has 3 aliphatic heterocycles. The van der Waals surface area contributed by atoms with E-state index in [0.717, 1.165) is 13.8 Å². The second kappa shape index (κ2) is 16.8. The molecule has 19 heteroatoms. The fourth-order valence-corrected chi connectivity index (χ4v) is 6.19. The van der Waals surface area contributed by atoms with E-state index in [1.165, 1.54) is 0 Å². The average molecular weight is 687 g/mol. The summed E-state index contributed by atoms with van der Waals surface area (Å²) in [6, 6.07) is -2.16. The minimum absolute atomic E-state index is 0.216. The van der Waals surface area contributed by atoms with Crippen LogP contribution in [-0.4, -0.2) is 179 Å². The summed E-state index contributed by atoms with van der Waals surface area (Å²) in [5.74, 6) is -1.30. The lowest BCUT2D eigenvalue weighted by Gasteiger charge is -2.50. The van der Waals surface area contributed by atoms with Crippen LogP contribution in [0.2, 0.25) is 25.7 Å². The molecule has 18 nitrogen and oxygen atoms in total. The Labute approximate surface area is 267 Å². The van der Waals surface area contributed by atoms with E-state index in [0.29, 0.717) is 6.04 Å². The summed E-state index contributed by atoms with van der Waals surface area (Å²) in [5, 5.41) is 88.9. The Balaban J connectivity index is 1.93. The van der Waals surface area contributed by atoms with Crippen molar-refractivity contribution in [2.45, 2.75) is 132 Å². The van der Waals surface area contributed by atoms with Gasteiger partial charge in [0.05, 0.1) is 19.8 Å². The summed E-state index contributed by atoms with van der Waals surface area (Å²) in [5.41, 5.74) is 0. The van der Waals surface area contributed by atoms with E-state index < -0.39 is 132 Å². The zero-order valence-electron chi connectivity index (χ0n) is 26.5. The number of hydrogen-bond donors (Lipinski definition) is 10. The van der Waals surface area contributed by atoms with Gasteiger partial charge < -0.3 is 79.9 Å². The molecule has 0 radical (unpaired) electrons. The number of amides is 2. The lowest BCUT2D eigenvalue weighted by Crippen LogP contribution is -2.70. The van der Waals surface area contributed by atoms with Crippen LogP contribution in [-0.2, 0) is 38.0 Å². The fourth-order valence-electron chi connectivity index (χ4n) is 5.46. The number of hydrogen-bond acceptors (Lipinski definition) is 16. The highest BCUT2D eigenvalue weighted by atomic mass is 28.3. The second-order valence-electron chi connectivity index (χ2n) is 13.0. The van der Waals surface area contributed by atoms with Crippen LogP contribution < -0.4 is 10.6 Å². The van der Waals surface area contributed by atoms with Crippen LogP contribution in [0, 0.1) is 0 Å². The maximum absolute atomic E-state index is 12.4. The Morgan fingerprint density at radius 1 is 0.630 bits per heavy atom. The predicted molar refractivity (Wildman–Crippen MR) is 156 cm³/mol. The van der Waals surface area contributed by atoms with Gasteiger partial charge in [-0.3, -0.25) is 9.59 Å². The molecule has 0 bridgehead atoms. The van der Waals surface area contributed by atoms with Crippen molar-refractivity contribution in [2.24, 2.45) is 0 Å². The number of carbonyl (C=O) groups excluding carboxylic acids is 2. The molecule has 0 saturated carbocycles. The van der Waals surface area contributed by atoms with Gasteiger partial charge in [0.1, 0.15) is 73.1 Å². The molecule has 3 fully saturated rings. The molecular formula is C27H50N2O16Si. The topological polar surface area (TPSA) is 275 Å². The molecule has 3 aliphatic rings. The first kappa shape index (κ1) is 39.0. The van der Waals surface area contributed by atoms with Crippen LogP contribution in [0.3, 0.4) is 0 Å². The van der Waals surface area contributed by atoms with Crippen molar-refractivity contribution in [2.75, 3.05) is 26.4 Å². The first-order valence-electron chi connectivity index (χ1n) is 15.2. The molecule has 0 aromatic carbocycles. The molecule has 0 aromatic heterocycles. The fraction of sp³-hybridized carbons (Fsp3) is 0.926. The van der Waals surface area contributed by atoms with E-state index in [-0.39, 0.29) is 6.61 Å². The Morgan fingerprint density at radius 3 is 1.57 bits per heavy atom. The van der Waals surface area contributed by atoms with Crippen molar-refractivity contribution in [1.82, 2.24) is 10.6 Å². The summed E-state index contributed by atoms with van der Waals surface area (Å²) in [4.78, 5) is 24.3. The van der Waals surface area contributed by atoms with Gasteiger partial charge in [-0.2, -0.15) is 0 Å². The summed E-state index contributed by atoms with van der Waals surface area (Å²) in [7, 11) is -1.54. The number of nitrogens with one attached hydrogen (secondary N) is 2. The van der Waals surface area contributed by atoms with E-state index in [9.17, 15) is 50.4 Å². The molecule has 46 heavy (non-hydrogen) atoms. The van der Waals surface area contributed by atoms with Gasteiger partial charge in [0.25, 0.3) is 0 Å². The minimum Gasteiger partial charge on any atom is -0.394 e. The zero-order chi connectivity index (χ0) is 34.5. The van der Waals surface area contributed by atoms with Gasteiger partial charge in [-0.25, -0.2) is 0 Å². The summed E-state index contributed by atoms with van der Waals surface area (Å²) in [6.45, 7) is 6.63. The molecule has 0 aromatic rings. The summed E-state index contributed by atoms with van der Waals surface area (Å²) >= 11 is 0. The quantitative estimate of drug-likeness (QED) is 0.0813. The average Bonchev–Trinajstić information content (AvgIpc) is 2.97. The first-order valence-corrected chi connectivity index (χ1v) is 18.9. The van der Waals surface area contributed by atoms with Crippen LogP contribution in [0.5, 0.6) is 0 Å². The molecule has 3 heterocycles. The number of aliphatic hydroxyl groups excluding tert-OH is 8. The largest absolute Gasteiger partial charge is 0.394 e.